The molecule has 3 N–H and O–H groups in total. The van der Waals surface area contributed by atoms with Gasteiger partial charge in [0.15, 0.2) is 5.78 Å². The third-order valence-electron chi connectivity index (χ3n) is 6.28. The zero-order chi connectivity index (χ0) is 22.9. The fourth-order valence-corrected chi connectivity index (χ4v) is 4.59. The number of carbonyl (C=O) groups excluding carboxylic acids is 3. The number of anilines is 1. The van der Waals surface area contributed by atoms with Crippen molar-refractivity contribution in [3.05, 3.63) is 71.9 Å². The molecule has 5 rings (SSSR count). The summed E-state index contributed by atoms with van der Waals surface area (Å²) in [6, 6.07) is 14.7. The van der Waals surface area contributed by atoms with Gasteiger partial charge in [-0.1, -0.05) is 18.2 Å². The molecule has 33 heavy (non-hydrogen) atoms. The number of rotatable bonds is 5. The van der Waals surface area contributed by atoms with Crippen LogP contribution in [0.15, 0.2) is 60.8 Å². The number of likely N-dealkylation sites (tertiary alicyclic amines) is 1. The Labute approximate surface area is 190 Å². The number of nitrogen functional groups attached to an aromatic ring is 1. The van der Waals surface area contributed by atoms with E-state index >= 15 is 0 Å². The highest BCUT2D eigenvalue weighted by atomic mass is 16.5. The van der Waals surface area contributed by atoms with E-state index in [1.54, 1.807) is 41.4 Å². The predicted molar refractivity (Wildman–Crippen MR) is 122 cm³/mol. The molecule has 0 aliphatic carbocycles. The average molecular weight is 444 g/mol. The molecule has 8 nitrogen and oxygen atoms in total. The lowest BCUT2D eigenvalue weighted by molar-refractivity contribution is -0.138. The van der Waals surface area contributed by atoms with E-state index in [0.29, 0.717) is 24.2 Å². The first kappa shape index (κ1) is 21.1. The minimum atomic E-state index is -0.835. The van der Waals surface area contributed by atoms with Gasteiger partial charge in [-0.05, 0) is 48.4 Å². The number of nitrogens with one attached hydrogen (secondary N) is 1. The minimum absolute atomic E-state index is 0.0270. The van der Waals surface area contributed by atoms with Gasteiger partial charge in [-0.25, -0.2) is 0 Å². The summed E-state index contributed by atoms with van der Waals surface area (Å²) in [6.07, 6.45) is 2.33. The zero-order valence-electron chi connectivity index (χ0n) is 17.9. The van der Waals surface area contributed by atoms with E-state index in [1.807, 2.05) is 24.3 Å². The third kappa shape index (κ3) is 4.17. The highest BCUT2D eigenvalue weighted by molar-refractivity contribution is 6.01. The fraction of sp³-hybridized carbons (Fsp3) is 0.280. The van der Waals surface area contributed by atoms with Crippen molar-refractivity contribution in [3.8, 4) is 0 Å². The highest BCUT2D eigenvalue weighted by Gasteiger charge is 2.48. The van der Waals surface area contributed by atoms with Crippen molar-refractivity contribution in [3.63, 3.8) is 0 Å². The summed E-state index contributed by atoms with van der Waals surface area (Å²) in [5, 5.41) is 3.73. The number of hydrogen-bond donors (Lipinski definition) is 2. The topological polar surface area (TPSA) is 115 Å². The minimum Gasteiger partial charge on any atom is -0.399 e. The summed E-state index contributed by atoms with van der Waals surface area (Å²) in [5.74, 6) is -0.737. The van der Waals surface area contributed by atoms with Crippen LogP contribution in [-0.4, -0.2) is 58.8 Å². The molecule has 0 bridgehead atoms. The van der Waals surface area contributed by atoms with Crippen LogP contribution < -0.4 is 11.1 Å². The number of Topliss-reactive ketones (excluding diaryl/α,β-unsaturated/α-hetero) is 1. The highest BCUT2D eigenvalue weighted by Crippen LogP contribution is 2.28. The number of benzene rings is 2. The monoisotopic (exact) mass is 444 g/mol. The second-order valence-electron chi connectivity index (χ2n) is 8.46. The van der Waals surface area contributed by atoms with Gasteiger partial charge in [0.25, 0.3) is 5.91 Å². The number of nitrogens with two attached hydrogens (primary N) is 1. The Morgan fingerprint density at radius 2 is 2.00 bits per heavy atom. The number of fused-ring (bicyclic) bond motifs is 2. The molecule has 3 heterocycles. The van der Waals surface area contributed by atoms with Gasteiger partial charge in [0.05, 0.1) is 11.6 Å². The molecular formula is C25H24N4O4. The van der Waals surface area contributed by atoms with Crippen LogP contribution in [0.5, 0.6) is 0 Å². The number of pyridine rings is 1. The van der Waals surface area contributed by atoms with E-state index in [-0.39, 0.29) is 36.7 Å². The molecule has 2 aliphatic heterocycles. The Bertz CT molecular complexity index is 1230. The number of nitrogens with zero attached hydrogens (tertiary/aromatic N) is 2. The second-order valence-corrected chi connectivity index (χ2v) is 8.46. The average Bonchev–Trinajstić information content (AvgIpc) is 3.42. The molecule has 168 valence electrons. The maximum atomic E-state index is 13.6. The maximum Gasteiger partial charge on any atom is 0.251 e. The molecule has 2 saturated heterocycles. The van der Waals surface area contributed by atoms with Crippen molar-refractivity contribution >= 4 is 34.2 Å². The molecular weight excluding hydrogens is 420 g/mol. The molecule has 2 amide bonds. The lowest BCUT2D eigenvalue weighted by Crippen LogP contribution is -2.53. The van der Waals surface area contributed by atoms with Crippen molar-refractivity contribution in [2.24, 2.45) is 0 Å². The van der Waals surface area contributed by atoms with Crippen LogP contribution in [0.4, 0.5) is 5.69 Å². The number of amides is 2. The van der Waals surface area contributed by atoms with Crippen LogP contribution in [0.3, 0.4) is 0 Å². The number of hydrogen-bond acceptors (Lipinski definition) is 6. The molecule has 3 unspecified atom stereocenters. The van der Waals surface area contributed by atoms with Gasteiger partial charge in [-0.2, -0.15) is 0 Å². The third-order valence-corrected chi connectivity index (χ3v) is 6.28. The van der Waals surface area contributed by atoms with Crippen molar-refractivity contribution in [2.45, 2.75) is 31.0 Å². The second kappa shape index (κ2) is 8.63. The van der Waals surface area contributed by atoms with E-state index in [4.69, 9.17) is 10.5 Å². The van der Waals surface area contributed by atoms with Gasteiger partial charge in [0.1, 0.15) is 18.7 Å². The van der Waals surface area contributed by atoms with Gasteiger partial charge < -0.3 is 20.7 Å². The van der Waals surface area contributed by atoms with Gasteiger partial charge in [0, 0.05) is 35.8 Å². The predicted octanol–water partition coefficient (Wildman–Crippen LogP) is 1.73. The van der Waals surface area contributed by atoms with E-state index in [1.165, 1.54) is 0 Å². The summed E-state index contributed by atoms with van der Waals surface area (Å²) in [6.45, 7) is 0.453. The van der Waals surface area contributed by atoms with Gasteiger partial charge >= 0.3 is 0 Å². The summed E-state index contributed by atoms with van der Waals surface area (Å²) in [5.41, 5.74) is 8.48. The quantitative estimate of drug-likeness (QED) is 0.579. The Morgan fingerprint density at radius 1 is 1.18 bits per heavy atom. The SMILES string of the molecule is Nc1ccc(CC(NC(=O)c2ccc3ncccc3c2)C(=O)N2CCC3OCC(=O)C32)cc1. The summed E-state index contributed by atoms with van der Waals surface area (Å²) >= 11 is 0. The van der Waals surface area contributed by atoms with Crippen molar-refractivity contribution in [1.29, 1.82) is 0 Å². The van der Waals surface area contributed by atoms with Crippen LogP contribution >= 0.6 is 0 Å². The number of aromatic nitrogens is 1. The van der Waals surface area contributed by atoms with Crippen LogP contribution in [0.2, 0.25) is 0 Å². The van der Waals surface area contributed by atoms with E-state index in [9.17, 15) is 14.4 Å². The normalized spacial score (nSPS) is 20.6. The smallest absolute Gasteiger partial charge is 0.251 e. The lowest BCUT2D eigenvalue weighted by atomic mass is 10.0. The number of ketones is 1. The zero-order valence-corrected chi connectivity index (χ0v) is 17.9. The summed E-state index contributed by atoms with van der Waals surface area (Å²) < 4.78 is 5.52. The molecule has 8 heteroatoms. The number of ether oxygens (including phenoxy) is 1. The Hall–Kier alpha value is -3.78. The molecule has 3 atom stereocenters. The lowest BCUT2D eigenvalue weighted by Gasteiger charge is -2.27. The molecule has 1 aromatic heterocycles. The fourth-order valence-electron chi connectivity index (χ4n) is 4.59. The van der Waals surface area contributed by atoms with Crippen molar-refractivity contribution in [2.75, 3.05) is 18.9 Å². The molecule has 2 fully saturated rings. The summed E-state index contributed by atoms with van der Waals surface area (Å²) in [4.78, 5) is 44.9. The van der Waals surface area contributed by atoms with Gasteiger partial charge in [-0.15, -0.1) is 0 Å². The molecule has 2 aromatic carbocycles. The summed E-state index contributed by atoms with van der Waals surface area (Å²) in [7, 11) is 0. The van der Waals surface area contributed by atoms with Crippen LogP contribution in [0.25, 0.3) is 10.9 Å². The Kier molecular flexibility index (Phi) is 5.51. The Balaban J connectivity index is 1.41. The molecule has 0 saturated carbocycles. The van der Waals surface area contributed by atoms with Gasteiger partial charge in [-0.3, -0.25) is 19.4 Å². The molecule has 0 spiro atoms. The first-order valence-electron chi connectivity index (χ1n) is 10.9. The largest absolute Gasteiger partial charge is 0.399 e. The van der Waals surface area contributed by atoms with Crippen LogP contribution in [0.1, 0.15) is 22.3 Å². The van der Waals surface area contributed by atoms with Crippen molar-refractivity contribution in [1.82, 2.24) is 15.2 Å². The maximum absolute atomic E-state index is 13.6. The van der Waals surface area contributed by atoms with E-state index < -0.39 is 12.1 Å². The first-order chi connectivity index (χ1) is 16.0. The van der Waals surface area contributed by atoms with E-state index in [2.05, 4.69) is 10.3 Å². The molecule has 0 radical (unpaired) electrons. The Morgan fingerprint density at radius 3 is 2.82 bits per heavy atom. The molecule has 3 aromatic rings. The van der Waals surface area contributed by atoms with Crippen LogP contribution in [-0.2, 0) is 20.7 Å². The van der Waals surface area contributed by atoms with Crippen molar-refractivity contribution < 1.29 is 19.1 Å². The van der Waals surface area contributed by atoms with Crippen LogP contribution in [0, 0.1) is 0 Å². The number of carbonyl (C=O) groups is 3. The van der Waals surface area contributed by atoms with E-state index in [0.717, 1.165) is 16.5 Å². The molecule has 2 aliphatic rings. The standard InChI is InChI=1S/C25H24N4O4/c26-18-6-3-15(4-7-18)12-20(25(32)29-11-9-22-23(29)21(30)14-33-22)28-24(31)17-5-8-19-16(13-17)2-1-10-27-19/h1-8,10,13,20,22-23H,9,11-12,14,26H2,(H,28,31). The van der Waals surface area contributed by atoms with Gasteiger partial charge in [0.2, 0.25) is 5.91 Å². The first-order valence-corrected chi connectivity index (χ1v) is 10.9.